The van der Waals surface area contributed by atoms with E-state index in [0.717, 1.165) is 0 Å². The maximum absolute atomic E-state index is 14.2. The van der Waals surface area contributed by atoms with Crippen LogP contribution in [0.1, 0.15) is 26.3 Å². The first kappa shape index (κ1) is 17.6. The number of hydrogen-bond donors (Lipinski definition) is 1. The molecule has 1 N–H and O–H groups in total. The van der Waals surface area contributed by atoms with Crippen LogP contribution in [-0.4, -0.2) is 22.1 Å². The van der Waals surface area contributed by atoms with E-state index in [9.17, 15) is 8.60 Å². The Balaban J connectivity index is 2.86. The smallest absolute Gasteiger partial charge is 0.122 e. The molecule has 0 amide bonds. The molecule has 0 radical (unpaired) electrons. The average molecular weight is 311 g/mol. The molecule has 0 aliphatic rings. The van der Waals surface area contributed by atoms with Gasteiger partial charge in [-0.2, -0.15) is 0 Å². The molecule has 1 aromatic carbocycles. The van der Waals surface area contributed by atoms with Gasteiger partial charge >= 0.3 is 0 Å². The van der Waals surface area contributed by atoms with E-state index in [-0.39, 0.29) is 0 Å². The number of ether oxygens (including phenoxy) is 1. The summed E-state index contributed by atoms with van der Waals surface area (Å²) in [6, 6.07) is 6.22. The molecule has 3 nitrogen and oxygen atoms in total. The topological polar surface area (TPSA) is 38.3 Å². The Morgan fingerprint density at radius 3 is 2.38 bits per heavy atom. The molecule has 1 rings (SSSR count). The fraction of sp³-hybridized carbons (Fsp3) is 0.375. The third kappa shape index (κ3) is 5.44. The van der Waals surface area contributed by atoms with Crippen molar-refractivity contribution < 1.29 is 13.3 Å². The highest BCUT2D eigenvalue weighted by atomic mass is 32.2. The SMILES string of the molecule is C=C[C@@H](NS(=O)C(C)(C)C)/C(F)=C/c1ccc(OC)cc1. The third-order valence-corrected chi connectivity index (χ3v) is 4.32. The van der Waals surface area contributed by atoms with E-state index in [1.165, 1.54) is 12.2 Å². The van der Waals surface area contributed by atoms with Crippen LogP contribution in [0.4, 0.5) is 4.39 Å². The highest BCUT2D eigenvalue weighted by Crippen LogP contribution is 2.18. The quantitative estimate of drug-likeness (QED) is 0.815. The van der Waals surface area contributed by atoms with Crippen LogP contribution in [-0.2, 0) is 11.0 Å². The molecular formula is C16H22FNO2S. The standard InChI is InChI=1S/C16H22FNO2S/c1-6-15(18-21(19)16(2,3)4)14(17)11-12-7-9-13(20-5)10-8-12/h6-11,15,18H,1H2,2-5H3/b14-11-/t15-,21?/m1/s1. The average Bonchev–Trinajstić information content (AvgIpc) is 2.44. The first-order valence-corrected chi connectivity index (χ1v) is 7.74. The molecule has 0 aliphatic carbocycles. The molecule has 0 aromatic heterocycles. The highest BCUT2D eigenvalue weighted by Gasteiger charge is 2.23. The van der Waals surface area contributed by atoms with Crippen LogP contribution < -0.4 is 9.46 Å². The molecule has 1 aromatic rings. The number of rotatable bonds is 6. The van der Waals surface area contributed by atoms with Crippen LogP contribution in [0.25, 0.3) is 6.08 Å². The van der Waals surface area contributed by atoms with Gasteiger partial charge in [-0.3, -0.25) is 0 Å². The Morgan fingerprint density at radius 1 is 1.38 bits per heavy atom. The summed E-state index contributed by atoms with van der Waals surface area (Å²) >= 11 is 0. The zero-order valence-electron chi connectivity index (χ0n) is 12.9. The summed E-state index contributed by atoms with van der Waals surface area (Å²) in [6.07, 6.45) is 2.79. The fourth-order valence-electron chi connectivity index (χ4n) is 1.46. The van der Waals surface area contributed by atoms with Crippen molar-refractivity contribution in [1.29, 1.82) is 0 Å². The molecule has 0 fully saturated rings. The lowest BCUT2D eigenvalue weighted by Crippen LogP contribution is -2.39. The number of methoxy groups -OCH3 is 1. The molecule has 2 atom stereocenters. The van der Waals surface area contributed by atoms with Gasteiger partial charge in [0, 0.05) is 0 Å². The minimum Gasteiger partial charge on any atom is -0.497 e. The maximum Gasteiger partial charge on any atom is 0.122 e. The van der Waals surface area contributed by atoms with Crippen molar-refractivity contribution in [3.63, 3.8) is 0 Å². The normalized spacial score (nSPS) is 15.4. The van der Waals surface area contributed by atoms with Crippen LogP contribution >= 0.6 is 0 Å². The van der Waals surface area contributed by atoms with Crippen LogP contribution in [0.5, 0.6) is 5.75 Å². The minimum atomic E-state index is -1.37. The summed E-state index contributed by atoms with van der Waals surface area (Å²) in [5, 5.41) is 0. The molecule has 116 valence electrons. The molecule has 0 heterocycles. The van der Waals surface area contributed by atoms with E-state index in [0.29, 0.717) is 11.3 Å². The first-order chi connectivity index (χ1) is 9.77. The van der Waals surface area contributed by atoms with Crippen molar-refractivity contribution in [1.82, 2.24) is 4.72 Å². The molecule has 0 spiro atoms. The largest absolute Gasteiger partial charge is 0.497 e. The molecular weight excluding hydrogens is 289 g/mol. The van der Waals surface area contributed by atoms with Crippen molar-refractivity contribution in [3.8, 4) is 5.75 Å². The minimum absolute atomic E-state index is 0.437. The second-order valence-electron chi connectivity index (χ2n) is 5.51. The molecule has 0 aliphatic heterocycles. The lowest BCUT2D eigenvalue weighted by atomic mass is 10.1. The summed E-state index contributed by atoms with van der Waals surface area (Å²) in [6.45, 7) is 9.05. The van der Waals surface area contributed by atoms with Gasteiger partial charge in [0.2, 0.25) is 0 Å². The molecule has 0 bridgehead atoms. The fourth-order valence-corrected chi connectivity index (χ4v) is 2.25. The van der Waals surface area contributed by atoms with Gasteiger partial charge in [-0.05, 0) is 44.5 Å². The summed E-state index contributed by atoms with van der Waals surface area (Å²) in [5.41, 5.74) is 0.698. The van der Waals surface area contributed by atoms with Crippen molar-refractivity contribution >= 4 is 17.1 Å². The Hall–Kier alpha value is -1.46. The second-order valence-corrected chi connectivity index (χ2v) is 7.51. The van der Waals surface area contributed by atoms with Gasteiger partial charge in [0.05, 0.1) is 28.9 Å². The van der Waals surface area contributed by atoms with Crippen LogP contribution in [0, 0.1) is 0 Å². The Labute approximate surface area is 128 Å². The van der Waals surface area contributed by atoms with Crippen LogP contribution in [0.15, 0.2) is 42.7 Å². The first-order valence-electron chi connectivity index (χ1n) is 6.59. The monoisotopic (exact) mass is 311 g/mol. The van der Waals surface area contributed by atoms with Gasteiger partial charge in [-0.25, -0.2) is 13.3 Å². The summed E-state index contributed by atoms with van der Waals surface area (Å²) in [5.74, 6) is 0.271. The maximum atomic E-state index is 14.2. The summed E-state index contributed by atoms with van der Waals surface area (Å²) in [4.78, 5) is 0. The second kappa shape index (κ2) is 7.52. The number of nitrogens with one attached hydrogen (secondary N) is 1. The number of benzene rings is 1. The van der Waals surface area contributed by atoms with Gasteiger partial charge < -0.3 is 4.74 Å². The van der Waals surface area contributed by atoms with Crippen molar-refractivity contribution in [2.75, 3.05) is 7.11 Å². The Kier molecular flexibility index (Phi) is 6.30. The highest BCUT2D eigenvalue weighted by molar-refractivity contribution is 7.84. The number of halogens is 1. The zero-order valence-corrected chi connectivity index (χ0v) is 13.7. The van der Waals surface area contributed by atoms with E-state index < -0.39 is 27.6 Å². The summed E-state index contributed by atoms with van der Waals surface area (Å²) in [7, 11) is 0.201. The van der Waals surface area contributed by atoms with E-state index in [1.54, 1.807) is 31.4 Å². The van der Waals surface area contributed by atoms with E-state index in [2.05, 4.69) is 11.3 Å². The number of hydrogen-bond acceptors (Lipinski definition) is 2. The lowest BCUT2D eigenvalue weighted by Gasteiger charge is -2.21. The van der Waals surface area contributed by atoms with Crippen LogP contribution in [0.2, 0.25) is 0 Å². The van der Waals surface area contributed by atoms with E-state index in [1.807, 2.05) is 20.8 Å². The van der Waals surface area contributed by atoms with Gasteiger partial charge in [0.15, 0.2) is 0 Å². The van der Waals surface area contributed by atoms with Gasteiger partial charge in [-0.1, -0.05) is 18.2 Å². The zero-order chi connectivity index (χ0) is 16.0. The molecule has 1 unspecified atom stereocenters. The Bertz CT molecular complexity index is 532. The predicted molar refractivity (Wildman–Crippen MR) is 87.1 cm³/mol. The Morgan fingerprint density at radius 2 is 1.95 bits per heavy atom. The van der Waals surface area contributed by atoms with Crippen molar-refractivity contribution in [3.05, 3.63) is 48.3 Å². The molecule has 0 saturated heterocycles. The summed E-state index contributed by atoms with van der Waals surface area (Å²) < 4.78 is 33.6. The molecule has 21 heavy (non-hydrogen) atoms. The van der Waals surface area contributed by atoms with Crippen molar-refractivity contribution in [2.24, 2.45) is 0 Å². The third-order valence-electron chi connectivity index (χ3n) is 2.74. The van der Waals surface area contributed by atoms with Gasteiger partial charge in [-0.15, -0.1) is 6.58 Å². The molecule has 0 saturated carbocycles. The lowest BCUT2D eigenvalue weighted by molar-refractivity contribution is 0.415. The van der Waals surface area contributed by atoms with Crippen molar-refractivity contribution in [2.45, 2.75) is 31.6 Å². The van der Waals surface area contributed by atoms with Crippen LogP contribution in [0.3, 0.4) is 0 Å². The molecule has 5 heteroatoms. The predicted octanol–water partition coefficient (Wildman–Crippen LogP) is 3.61. The van der Waals surface area contributed by atoms with E-state index >= 15 is 0 Å². The van der Waals surface area contributed by atoms with Gasteiger partial charge in [0.1, 0.15) is 11.6 Å². The van der Waals surface area contributed by atoms with E-state index in [4.69, 9.17) is 4.74 Å². The van der Waals surface area contributed by atoms with Gasteiger partial charge in [0.25, 0.3) is 0 Å².